The maximum Gasteiger partial charge on any atom is 0.285 e. The average molecular weight is 327 g/mol. The zero-order valence-electron chi connectivity index (χ0n) is 13.3. The minimum absolute atomic E-state index is 0.0560. The van der Waals surface area contributed by atoms with Gasteiger partial charge in [-0.25, -0.2) is 5.10 Å². The SMILES string of the molecule is CC(C)(C)C(=O)NCC1CCCN(c2cn[nH]c(=O)c2Cl)C1. The normalized spacial score (nSPS) is 19.1. The van der Waals surface area contributed by atoms with E-state index >= 15 is 0 Å². The molecule has 1 amide bonds. The Bertz CT molecular complexity index is 594. The van der Waals surface area contributed by atoms with Crippen LogP contribution in [0.4, 0.5) is 5.69 Å². The third-order valence-corrected chi connectivity index (χ3v) is 4.23. The summed E-state index contributed by atoms with van der Waals surface area (Å²) < 4.78 is 0. The fourth-order valence-electron chi connectivity index (χ4n) is 2.55. The quantitative estimate of drug-likeness (QED) is 0.888. The molecule has 122 valence electrons. The molecule has 6 nitrogen and oxygen atoms in total. The number of nitrogens with one attached hydrogen (secondary N) is 2. The second kappa shape index (κ2) is 6.69. The second-order valence-corrected chi connectivity index (χ2v) is 7.19. The van der Waals surface area contributed by atoms with Crippen molar-refractivity contribution in [3.63, 3.8) is 0 Å². The number of piperidine rings is 1. The van der Waals surface area contributed by atoms with E-state index in [0.717, 1.165) is 25.9 Å². The fraction of sp³-hybridized carbons (Fsp3) is 0.667. The van der Waals surface area contributed by atoms with Gasteiger partial charge in [0.25, 0.3) is 5.56 Å². The molecule has 1 unspecified atom stereocenters. The van der Waals surface area contributed by atoms with Crippen molar-refractivity contribution in [1.29, 1.82) is 0 Å². The minimum atomic E-state index is -0.381. The number of carbonyl (C=O) groups excluding carboxylic acids is 1. The third-order valence-electron chi connectivity index (χ3n) is 3.87. The summed E-state index contributed by atoms with van der Waals surface area (Å²) in [5.74, 6) is 0.399. The summed E-state index contributed by atoms with van der Waals surface area (Å²) in [6, 6.07) is 0. The van der Waals surface area contributed by atoms with Crippen molar-refractivity contribution in [3.05, 3.63) is 21.6 Å². The van der Waals surface area contributed by atoms with Crippen molar-refractivity contribution in [2.24, 2.45) is 11.3 Å². The number of aromatic nitrogens is 2. The maximum absolute atomic E-state index is 12.0. The average Bonchev–Trinajstić information content (AvgIpc) is 2.47. The van der Waals surface area contributed by atoms with Gasteiger partial charge in [-0.2, -0.15) is 5.10 Å². The molecular formula is C15H23ClN4O2. The maximum atomic E-state index is 12.0. The molecule has 0 bridgehead atoms. The minimum Gasteiger partial charge on any atom is -0.369 e. The molecule has 7 heteroatoms. The Morgan fingerprint density at radius 1 is 1.55 bits per heavy atom. The van der Waals surface area contributed by atoms with Crippen LogP contribution in [0.1, 0.15) is 33.6 Å². The Balaban J connectivity index is 1.99. The van der Waals surface area contributed by atoms with Gasteiger partial charge in [0.1, 0.15) is 5.02 Å². The van der Waals surface area contributed by atoms with E-state index in [9.17, 15) is 9.59 Å². The summed E-state index contributed by atoms with van der Waals surface area (Å²) in [6.07, 6.45) is 3.63. The van der Waals surface area contributed by atoms with E-state index < -0.39 is 0 Å². The number of halogens is 1. The molecule has 2 N–H and O–H groups in total. The number of rotatable bonds is 3. The lowest BCUT2D eigenvalue weighted by atomic mass is 9.94. The number of nitrogens with zero attached hydrogens (tertiary/aromatic N) is 2. The molecule has 0 spiro atoms. The van der Waals surface area contributed by atoms with E-state index in [1.807, 2.05) is 20.8 Å². The van der Waals surface area contributed by atoms with Crippen molar-refractivity contribution >= 4 is 23.2 Å². The van der Waals surface area contributed by atoms with Crippen LogP contribution in [0.5, 0.6) is 0 Å². The van der Waals surface area contributed by atoms with Crippen molar-refractivity contribution in [1.82, 2.24) is 15.5 Å². The predicted molar refractivity (Wildman–Crippen MR) is 87.3 cm³/mol. The third kappa shape index (κ3) is 4.00. The van der Waals surface area contributed by atoms with Crippen molar-refractivity contribution < 1.29 is 4.79 Å². The Labute approximate surface area is 135 Å². The second-order valence-electron chi connectivity index (χ2n) is 6.81. The topological polar surface area (TPSA) is 78.1 Å². The highest BCUT2D eigenvalue weighted by atomic mass is 35.5. The number of hydrogen-bond donors (Lipinski definition) is 2. The van der Waals surface area contributed by atoms with E-state index in [2.05, 4.69) is 20.4 Å². The zero-order chi connectivity index (χ0) is 16.3. The number of hydrogen-bond acceptors (Lipinski definition) is 4. The van der Waals surface area contributed by atoms with Crippen LogP contribution in [-0.4, -0.2) is 35.7 Å². The summed E-state index contributed by atoms with van der Waals surface area (Å²) in [7, 11) is 0. The lowest BCUT2D eigenvalue weighted by molar-refractivity contribution is -0.128. The van der Waals surface area contributed by atoms with Gasteiger partial charge in [-0.15, -0.1) is 0 Å². The molecule has 0 saturated carbocycles. The molecule has 22 heavy (non-hydrogen) atoms. The molecular weight excluding hydrogens is 304 g/mol. The lowest BCUT2D eigenvalue weighted by Crippen LogP contribution is -2.43. The van der Waals surface area contributed by atoms with Gasteiger partial charge in [0.2, 0.25) is 5.91 Å². The zero-order valence-corrected chi connectivity index (χ0v) is 14.0. The summed E-state index contributed by atoms with van der Waals surface area (Å²) in [5.41, 5.74) is -0.0894. The number of anilines is 1. The van der Waals surface area contributed by atoms with Crippen LogP contribution in [0, 0.1) is 11.3 Å². The number of H-pyrrole nitrogens is 1. The molecule has 0 aliphatic carbocycles. The van der Waals surface area contributed by atoms with E-state index in [4.69, 9.17) is 11.6 Å². The highest BCUT2D eigenvalue weighted by Gasteiger charge is 2.25. The van der Waals surface area contributed by atoms with Gasteiger partial charge in [-0.1, -0.05) is 32.4 Å². The Hall–Kier alpha value is -1.56. The first-order valence-electron chi connectivity index (χ1n) is 7.55. The van der Waals surface area contributed by atoms with Gasteiger partial charge >= 0.3 is 0 Å². The first kappa shape index (κ1) is 16.8. The van der Waals surface area contributed by atoms with Gasteiger partial charge in [0.05, 0.1) is 11.9 Å². The predicted octanol–water partition coefficient (Wildman–Crippen LogP) is 1.80. The van der Waals surface area contributed by atoms with E-state index in [0.29, 0.717) is 18.2 Å². The van der Waals surface area contributed by atoms with Crippen LogP contribution in [-0.2, 0) is 4.79 Å². The van der Waals surface area contributed by atoms with Crippen LogP contribution < -0.4 is 15.8 Å². The van der Waals surface area contributed by atoms with Gasteiger partial charge < -0.3 is 10.2 Å². The molecule has 1 fully saturated rings. The van der Waals surface area contributed by atoms with Gasteiger partial charge in [-0.3, -0.25) is 9.59 Å². The van der Waals surface area contributed by atoms with Gasteiger partial charge in [0.15, 0.2) is 0 Å². The Morgan fingerprint density at radius 2 is 2.27 bits per heavy atom. The van der Waals surface area contributed by atoms with E-state index in [1.54, 1.807) is 6.20 Å². The molecule has 1 aliphatic heterocycles. The molecule has 1 saturated heterocycles. The van der Waals surface area contributed by atoms with Crippen LogP contribution in [0.2, 0.25) is 5.02 Å². The molecule has 1 aromatic heterocycles. The summed E-state index contributed by atoms with van der Waals surface area (Å²) >= 11 is 6.07. The molecule has 0 radical (unpaired) electrons. The monoisotopic (exact) mass is 326 g/mol. The molecule has 2 rings (SSSR count). The number of aromatic amines is 1. The molecule has 1 aromatic rings. The first-order chi connectivity index (χ1) is 10.3. The van der Waals surface area contributed by atoms with Crippen LogP contribution in [0.3, 0.4) is 0 Å². The van der Waals surface area contributed by atoms with Gasteiger partial charge in [-0.05, 0) is 18.8 Å². The number of amides is 1. The number of carbonyl (C=O) groups is 1. The van der Waals surface area contributed by atoms with Crippen molar-refractivity contribution in [3.8, 4) is 0 Å². The van der Waals surface area contributed by atoms with Crippen LogP contribution in [0.15, 0.2) is 11.0 Å². The lowest BCUT2D eigenvalue weighted by Gasteiger charge is -2.34. The molecule has 1 atom stereocenters. The molecule has 2 heterocycles. The standard InChI is InChI=1S/C15H23ClN4O2/c1-15(2,3)14(22)17-7-10-5-4-6-20(9-10)11-8-18-19-13(21)12(11)16/h8,10H,4-7,9H2,1-3H3,(H,17,22)(H,19,21). The molecule has 0 aromatic carbocycles. The highest BCUT2D eigenvalue weighted by Crippen LogP contribution is 2.26. The summed E-state index contributed by atoms with van der Waals surface area (Å²) in [5, 5.41) is 9.33. The smallest absolute Gasteiger partial charge is 0.285 e. The van der Waals surface area contributed by atoms with Crippen LogP contribution in [0.25, 0.3) is 0 Å². The Kier molecular flexibility index (Phi) is 5.11. The summed E-state index contributed by atoms with van der Waals surface area (Å²) in [6.45, 7) is 7.94. The fourth-order valence-corrected chi connectivity index (χ4v) is 2.76. The summed E-state index contributed by atoms with van der Waals surface area (Å²) in [4.78, 5) is 25.6. The molecule has 1 aliphatic rings. The first-order valence-corrected chi connectivity index (χ1v) is 7.93. The largest absolute Gasteiger partial charge is 0.369 e. The van der Waals surface area contributed by atoms with Gasteiger partial charge in [0, 0.05) is 25.0 Å². The van der Waals surface area contributed by atoms with Crippen LogP contribution >= 0.6 is 11.6 Å². The van der Waals surface area contributed by atoms with Crippen molar-refractivity contribution in [2.75, 3.05) is 24.5 Å². The Morgan fingerprint density at radius 3 is 2.95 bits per heavy atom. The highest BCUT2D eigenvalue weighted by molar-refractivity contribution is 6.32. The van der Waals surface area contributed by atoms with E-state index in [-0.39, 0.29) is 21.9 Å². The van der Waals surface area contributed by atoms with E-state index in [1.165, 1.54) is 0 Å². The van der Waals surface area contributed by atoms with Crippen molar-refractivity contribution in [2.45, 2.75) is 33.6 Å².